The summed E-state index contributed by atoms with van der Waals surface area (Å²) >= 11 is 11.4. The molecule has 7 heteroatoms. The van der Waals surface area contributed by atoms with E-state index in [0.717, 1.165) is 37.3 Å². The predicted molar refractivity (Wildman–Crippen MR) is 112 cm³/mol. The third-order valence-corrected chi connectivity index (χ3v) is 5.79. The Bertz CT molecular complexity index is 995. The van der Waals surface area contributed by atoms with E-state index in [1.165, 1.54) is 11.6 Å². The molecule has 0 unspecified atom stereocenters. The fourth-order valence-corrected chi connectivity index (χ4v) is 4.13. The Morgan fingerprint density at radius 2 is 1.96 bits per heavy atom. The van der Waals surface area contributed by atoms with E-state index < -0.39 is 5.82 Å². The van der Waals surface area contributed by atoms with Crippen molar-refractivity contribution in [1.29, 1.82) is 0 Å². The molecule has 2 heterocycles. The first kappa shape index (κ1) is 18.2. The summed E-state index contributed by atoms with van der Waals surface area (Å²) in [5, 5.41) is 3.88. The molecule has 3 aromatic rings. The minimum Gasteiger partial charge on any atom is -0.349 e. The molecular formula is C20H20ClFN4S. The van der Waals surface area contributed by atoms with Gasteiger partial charge in [0, 0.05) is 31.7 Å². The van der Waals surface area contributed by atoms with Gasteiger partial charge in [0.2, 0.25) is 0 Å². The van der Waals surface area contributed by atoms with E-state index in [-0.39, 0.29) is 5.02 Å². The van der Waals surface area contributed by atoms with Crippen molar-refractivity contribution in [1.82, 2.24) is 14.5 Å². The molecule has 4 rings (SSSR count). The van der Waals surface area contributed by atoms with Crippen LogP contribution >= 0.6 is 23.8 Å². The summed E-state index contributed by atoms with van der Waals surface area (Å²) in [6.07, 6.45) is 1.98. The highest BCUT2D eigenvalue weighted by molar-refractivity contribution is 7.80. The van der Waals surface area contributed by atoms with Crippen molar-refractivity contribution in [2.75, 3.05) is 18.4 Å². The quantitative estimate of drug-likeness (QED) is 0.615. The molecule has 0 aliphatic carbocycles. The van der Waals surface area contributed by atoms with E-state index in [1.54, 1.807) is 12.1 Å². The zero-order valence-electron chi connectivity index (χ0n) is 15.0. The molecule has 1 fully saturated rings. The van der Waals surface area contributed by atoms with Crippen molar-refractivity contribution in [2.45, 2.75) is 18.8 Å². The first-order chi connectivity index (χ1) is 13.0. The Hall–Kier alpha value is -2.18. The summed E-state index contributed by atoms with van der Waals surface area (Å²) in [5.41, 5.74) is 2.91. The SMILES string of the molecule is Cn1c(C2CCN(C(=S)Nc3ccc(F)c(Cl)c3)CC2)nc2ccccc21. The third-order valence-electron chi connectivity index (χ3n) is 5.14. The lowest BCUT2D eigenvalue weighted by molar-refractivity contribution is 0.308. The Kier molecular flexibility index (Phi) is 5.02. The number of hydrogen-bond acceptors (Lipinski definition) is 2. The number of aromatic nitrogens is 2. The van der Waals surface area contributed by atoms with E-state index in [0.29, 0.717) is 16.7 Å². The summed E-state index contributed by atoms with van der Waals surface area (Å²) < 4.78 is 15.5. The van der Waals surface area contributed by atoms with Crippen LogP contribution in [-0.2, 0) is 7.05 Å². The number of nitrogens with one attached hydrogen (secondary N) is 1. The number of anilines is 1. The van der Waals surface area contributed by atoms with Crippen molar-refractivity contribution in [2.24, 2.45) is 7.05 Å². The molecule has 0 amide bonds. The van der Waals surface area contributed by atoms with Gasteiger partial charge in [-0.25, -0.2) is 9.37 Å². The van der Waals surface area contributed by atoms with Gasteiger partial charge in [-0.3, -0.25) is 0 Å². The Morgan fingerprint density at radius 1 is 1.22 bits per heavy atom. The van der Waals surface area contributed by atoms with Crippen LogP contribution in [0.15, 0.2) is 42.5 Å². The number of halogens is 2. The molecule has 0 atom stereocenters. The van der Waals surface area contributed by atoms with Crippen LogP contribution in [0.5, 0.6) is 0 Å². The molecule has 4 nitrogen and oxygen atoms in total. The van der Waals surface area contributed by atoms with Crippen molar-refractivity contribution in [3.8, 4) is 0 Å². The minimum atomic E-state index is -0.434. The number of benzene rings is 2. The van der Waals surface area contributed by atoms with E-state index in [9.17, 15) is 4.39 Å². The van der Waals surface area contributed by atoms with Crippen molar-refractivity contribution >= 4 is 45.7 Å². The molecule has 0 spiro atoms. The lowest BCUT2D eigenvalue weighted by Crippen LogP contribution is -2.40. The molecule has 27 heavy (non-hydrogen) atoms. The Labute approximate surface area is 167 Å². The Balaban J connectivity index is 1.41. The standard InChI is InChI=1S/C20H20ClFN4S/c1-25-18-5-3-2-4-17(18)24-19(25)13-8-10-26(11-9-13)20(27)23-14-6-7-16(22)15(21)12-14/h2-7,12-13H,8-11H2,1H3,(H,23,27). The second-order valence-electron chi connectivity index (χ2n) is 6.84. The predicted octanol–water partition coefficient (Wildman–Crippen LogP) is 4.94. The number of likely N-dealkylation sites (tertiary alicyclic amines) is 1. The maximum atomic E-state index is 13.3. The first-order valence-corrected chi connectivity index (χ1v) is 9.74. The lowest BCUT2D eigenvalue weighted by atomic mass is 9.96. The van der Waals surface area contributed by atoms with Crippen molar-refractivity contribution in [3.63, 3.8) is 0 Å². The first-order valence-electron chi connectivity index (χ1n) is 8.95. The molecule has 1 N–H and O–H groups in total. The number of imidazole rings is 1. The van der Waals surface area contributed by atoms with Gasteiger partial charge < -0.3 is 14.8 Å². The molecule has 140 valence electrons. The van der Waals surface area contributed by atoms with Crippen LogP contribution in [0, 0.1) is 5.82 Å². The summed E-state index contributed by atoms with van der Waals surface area (Å²) in [5.74, 6) is 1.12. The molecule has 1 aliphatic heterocycles. The molecule has 1 saturated heterocycles. The van der Waals surface area contributed by atoms with Gasteiger partial charge in [0.1, 0.15) is 11.6 Å². The van der Waals surface area contributed by atoms with Crippen LogP contribution in [0.1, 0.15) is 24.6 Å². The van der Waals surface area contributed by atoms with Crippen molar-refractivity contribution in [3.05, 3.63) is 59.1 Å². The summed E-state index contributed by atoms with van der Waals surface area (Å²) in [6, 6.07) is 12.8. The second-order valence-corrected chi connectivity index (χ2v) is 7.63. The topological polar surface area (TPSA) is 33.1 Å². The Morgan fingerprint density at radius 3 is 2.67 bits per heavy atom. The van der Waals surface area contributed by atoms with E-state index in [4.69, 9.17) is 28.8 Å². The molecule has 0 bridgehead atoms. The van der Waals surface area contributed by atoms with Crippen LogP contribution < -0.4 is 5.32 Å². The van der Waals surface area contributed by atoms with Crippen LogP contribution in [0.4, 0.5) is 10.1 Å². The largest absolute Gasteiger partial charge is 0.349 e. The maximum Gasteiger partial charge on any atom is 0.173 e. The van der Waals surface area contributed by atoms with Crippen LogP contribution in [-0.4, -0.2) is 32.7 Å². The molecule has 0 saturated carbocycles. The zero-order chi connectivity index (χ0) is 19.0. The maximum absolute atomic E-state index is 13.3. The molecular weight excluding hydrogens is 383 g/mol. The molecule has 1 aromatic heterocycles. The lowest BCUT2D eigenvalue weighted by Gasteiger charge is -2.33. The number of piperidine rings is 1. The fraction of sp³-hybridized carbons (Fsp3) is 0.300. The van der Waals surface area contributed by atoms with Gasteiger partial charge in [-0.2, -0.15) is 0 Å². The number of nitrogens with zero attached hydrogens (tertiary/aromatic N) is 3. The van der Waals surface area contributed by atoms with Gasteiger partial charge in [-0.15, -0.1) is 0 Å². The highest BCUT2D eigenvalue weighted by Gasteiger charge is 2.25. The van der Waals surface area contributed by atoms with E-state index >= 15 is 0 Å². The average molecular weight is 403 g/mol. The zero-order valence-corrected chi connectivity index (χ0v) is 16.5. The van der Waals surface area contributed by atoms with E-state index in [1.807, 2.05) is 12.1 Å². The second kappa shape index (κ2) is 7.44. The molecule has 1 aliphatic rings. The number of hydrogen-bond donors (Lipinski definition) is 1. The summed E-state index contributed by atoms with van der Waals surface area (Å²) in [7, 11) is 2.08. The number of rotatable bonds is 2. The van der Waals surface area contributed by atoms with Gasteiger partial charge in [-0.05, 0) is 55.4 Å². The van der Waals surface area contributed by atoms with Gasteiger partial charge >= 0.3 is 0 Å². The van der Waals surface area contributed by atoms with Gasteiger partial charge in [0.15, 0.2) is 5.11 Å². The average Bonchev–Trinajstić information content (AvgIpc) is 3.02. The van der Waals surface area contributed by atoms with Gasteiger partial charge in [-0.1, -0.05) is 23.7 Å². The number of thiocarbonyl (C=S) groups is 1. The monoisotopic (exact) mass is 402 g/mol. The van der Waals surface area contributed by atoms with Crippen molar-refractivity contribution < 1.29 is 4.39 Å². The molecule has 2 aromatic carbocycles. The minimum absolute atomic E-state index is 0.0864. The molecule has 0 radical (unpaired) electrons. The summed E-state index contributed by atoms with van der Waals surface area (Å²) in [6.45, 7) is 1.71. The fourth-order valence-electron chi connectivity index (χ4n) is 3.65. The normalized spacial score (nSPS) is 15.3. The van der Waals surface area contributed by atoms with Crippen LogP contribution in [0.25, 0.3) is 11.0 Å². The van der Waals surface area contributed by atoms with Crippen LogP contribution in [0.2, 0.25) is 5.02 Å². The van der Waals surface area contributed by atoms with Gasteiger partial charge in [0.25, 0.3) is 0 Å². The smallest absolute Gasteiger partial charge is 0.173 e. The number of para-hydroxylation sites is 2. The number of fused-ring (bicyclic) bond motifs is 1. The highest BCUT2D eigenvalue weighted by atomic mass is 35.5. The van der Waals surface area contributed by atoms with E-state index in [2.05, 4.69) is 34.0 Å². The number of aryl methyl sites for hydroxylation is 1. The van der Waals surface area contributed by atoms with Crippen LogP contribution in [0.3, 0.4) is 0 Å². The third kappa shape index (κ3) is 3.64. The highest BCUT2D eigenvalue weighted by Crippen LogP contribution is 2.30. The summed E-state index contributed by atoms with van der Waals surface area (Å²) in [4.78, 5) is 6.98. The van der Waals surface area contributed by atoms with Gasteiger partial charge in [0.05, 0.1) is 16.1 Å².